The standard InChI is InChI=1S/C21H20N2O5/c1-25-18-9-5-6-14-10-15(11-28-20(14)18)22-21(24)17-12-27-19(23-17)13-26-16-7-3-2-4-8-16/h2-9,12,15H,10-11,13H2,1H3,(H,22,24)/t15-/m0/s1. The minimum atomic E-state index is -0.311. The lowest BCUT2D eigenvalue weighted by molar-refractivity contribution is 0.0909. The second-order valence-corrected chi connectivity index (χ2v) is 6.36. The first kappa shape index (κ1) is 17.9. The van der Waals surface area contributed by atoms with Crippen molar-refractivity contribution in [3.63, 3.8) is 0 Å². The number of carbonyl (C=O) groups excluding carboxylic acids is 1. The Bertz CT molecular complexity index is 954. The smallest absolute Gasteiger partial charge is 0.273 e. The molecule has 1 aliphatic heterocycles. The first-order valence-corrected chi connectivity index (χ1v) is 8.94. The van der Waals surface area contributed by atoms with Crippen molar-refractivity contribution in [3.8, 4) is 17.2 Å². The van der Waals surface area contributed by atoms with Crippen LogP contribution in [0.5, 0.6) is 17.2 Å². The average Bonchev–Trinajstić information content (AvgIpc) is 3.21. The number of para-hydroxylation sites is 2. The highest BCUT2D eigenvalue weighted by Gasteiger charge is 2.25. The molecule has 144 valence electrons. The lowest BCUT2D eigenvalue weighted by atomic mass is 10.0. The van der Waals surface area contributed by atoms with Crippen LogP contribution in [0.1, 0.15) is 21.9 Å². The first-order valence-electron chi connectivity index (χ1n) is 8.94. The van der Waals surface area contributed by atoms with Crippen molar-refractivity contribution in [2.45, 2.75) is 19.1 Å². The monoisotopic (exact) mass is 380 g/mol. The summed E-state index contributed by atoms with van der Waals surface area (Å²) in [5.41, 5.74) is 1.20. The fourth-order valence-corrected chi connectivity index (χ4v) is 3.05. The Morgan fingerprint density at radius 2 is 2.07 bits per heavy atom. The lowest BCUT2D eigenvalue weighted by Crippen LogP contribution is -2.42. The van der Waals surface area contributed by atoms with Gasteiger partial charge in [-0.2, -0.15) is 0 Å². The molecule has 3 aromatic rings. The molecule has 1 aromatic heterocycles. The SMILES string of the molecule is COc1cccc2c1OC[C@@H](NC(=O)c1coc(COc3ccccc3)n1)C2. The molecule has 7 nitrogen and oxygen atoms in total. The van der Waals surface area contributed by atoms with Gasteiger partial charge in [0, 0.05) is 5.56 Å². The van der Waals surface area contributed by atoms with E-state index >= 15 is 0 Å². The zero-order valence-electron chi connectivity index (χ0n) is 15.4. The predicted molar refractivity (Wildman–Crippen MR) is 101 cm³/mol. The zero-order valence-corrected chi connectivity index (χ0v) is 15.4. The number of aromatic nitrogens is 1. The molecule has 0 fully saturated rings. The van der Waals surface area contributed by atoms with Gasteiger partial charge < -0.3 is 23.9 Å². The van der Waals surface area contributed by atoms with Gasteiger partial charge in [-0.05, 0) is 24.6 Å². The molecule has 0 radical (unpaired) electrons. The summed E-state index contributed by atoms with van der Waals surface area (Å²) in [6, 6.07) is 14.9. The number of benzene rings is 2. The molecule has 2 aromatic carbocycles. The van der Waals surface area contributed by atoms with E-state index in [0.29, 0.717) is 30.4 Å². The van der Waals surface area contributed by atoms with Crippen LogP contribution in [-0.2, 0) is 13.0 Å². The van der Waals surface area contributed by atoms with E-state index in [1.54, 1.807) is 7.11 Å². The van der Waals surface area contributed by atoms with Gasteiger partial charge in [0.2, 0.25) is 5.89 Å². The maximum atomic E-state index is 12.5. The van der Waals surface area contributed by atoms with E-state index in [1.165, 1.54) is 6.26 Å². The van der Waals surface area contributed by atoms with Crippen molar-refractivity contribution in [2.24, 2.45) is 0 Å². The molecule has 1 atom stereocenters. The third-order valence-corrected chi connectivity index (χ3v) is 4.40. The fourth-order valence-electron chi connectivity index (χ4n) is 3.05. The third kappa shape index (κ3) is 3.93. The van der Waals surface area contributed by atoms with Crippen LogP contribution in [-0.4, -0.2) is 30.6 Å². The van der Waals surface area contributed by atoms with Crippen molar-refractivity contribution in [3.05, 3.63) is 71.9 Å². The van der Waals surface area contributed by atoms with Gasteiger partial charge in [-0.1, -0.05) is 30.3 Å². The molecule has 1 aliphatic rings. The molecule has 0 saturated carbocycles. The van der Waals surface area contributed by atoms with Crippen LogP contribution in [0.2, 0.25) is 0 Å². The summed E-state index contributed by atoms with van der Waals surface area (Å²) in [5, 5.41) is 2.93. The number of amides is 1. The number of fused-ring (bicyclic) bond motifs is 1. The highest BCUT2D eigenvalue weighted by Crippen LogP contribution is 2.34. The number of rotatable bonds is 6. The van der Waals surface area contributed by atoms with E-state index < -0.39 is 0 Å². The van der Waals surface area contributed by atoms with E-state index in [4.69, 9.17) is 18.6 Å². The number of nitrogens with one attached hydrogen (secondary N) is 1. The topological polar surface area (TPSA) is 82.8 Å². The molecule has 28 heavy (non-hydrogen) atoms. The first-order chi connectivity index (χ1) is 13.7. The minimum Gasteiger partial charge on any atom is -0.493 e. The Hall–Kier alpha value is -3.48. The summed E-state index contributed by atoms with van der Waals surface area (Å²) < 4.78 is 22.0. The summed E-state index contributed by atoms with van der Waals surface area (Å²) in [4.78, 5) is 16.7. The Morgan fingerprint density at radius 1 is 1.21 bits per heavy atom. The number of oxazole rings is 1. The maximum absolute atomic E-state index is 12.5. The van der Waals surface area contributed by atoms with Gasteiger partial charge in [-0.3, -0.25) is 4.79 Å². The van der Waals surface area contributed by atoms with Crippen LogP contribution in [0, 0.1) is 0 Å². The van der Waals surface area contributed by atoms with Crippen molar-refractivity contribution in [1.82, 2.24) is 10.3 Å². The molecule has 2 heterocycles. The number of hydrogen-bond acceptors (Lipinski definition) is 6. The summed E-state index contributed by atoms with van der Waals surface area (Å²) in [6.07, 6.45) is 1.99. The molecule has 1 N–H and O–H groups in total. The molecule has 7 heteroatoms. The van der Waals surface area contributed by atoms with E-state index in [-0.39, 0.29) is 24.2 Å². The number of carbonyl (C=O) groups is 1. The van der Waals surface area contributed by atoms with E-state index in [2.05, 4.69) is 10.3 Å². The molecular weight excluding hydrogens is 360 g/mol. The normalized spacial score (nSPS) is 15.2. The predicted octanol–water partition coefficient (Wildman–Crippen LogP) is 3.00. The van der Waals surface area contributed by atoms with Crippen LogP contribution >= 0.6 is 0 Å². The number of ether oxygens (including phenoxy) is 3. The van der Waals surface area contributed by atoms with Crippen LogP contribution in [0.15, 0.2) is 59.2 Å². The maximum Gasteiger partial charge on any atom is 0.273 e. The van der Waals surface area contributed by atoms with Gasteiger partial charge in [-0.15, -0.1) is 0 Å². The quantitative estimate of drug-likeness (QED) is 0.708. The summed E-state index contributed by atoms with van der Waals surface area (Å²) in [5.74, 6) is 2.16. The van der Waals surface area contributed by atoms with Gasteiger partial charge >= 0.3 is 0 Å². The molecule has 0 saturated heterocycles. The van der Waals surface area contributed by atoms with E-state index in [1.807, 2.05) is 48.5 Å². The second-order valence-electron chi connectivity index (χ2n) is 6.36. The van der Waals surface area contributed by atoms with Crippen LogP contribution in [0.25, 0.3) is 0 Å². The highest BCUT2D eigenvalue weighted by atomic mass is 16.5. The molecule has 4 rings (SSSR count). The zero-order chi connectivity index (χ0) is 19.3. The number of methoxy groups -OCH3 is 1. The van der Waals surface area contributed by atoms with Crippen molar-refractivity contribution >= 4 is 5.91 Å². The van der Waals surface area contributed by atoms with E-state index in [9.17, 15) is 4.79 Å². The van der Waals surface area contributed by atoms with Crippen LogP contribution < -0.4 is 19.5 Å². The molecule has 0 aliphatic carbocycles. The third-order valence-electron chi connectivity index (χ3n) is 4.40. The Kier molecular flexibility index (Phi) is 5.14. The Morgan fingerprint density at radius 3 is 2.89 bits per heavy atom. The molecule has 1 amide bonds. The van der Waals surface area contributed by atoms with Crippen molar-refractivity contribution in [2.75, 3.05) is 13.7 Å². The van der Waals surface area contributed by atoms with Gasteiger partial charge in [-0.25, -0.2) is 4.98 Å². The molecule has 0 bridgehead atoms. The summed E-state index contributed by atoms with van der Waals surface area (Å²) in [6.45, 7) is 0.512. The van der Waals surface area contributed by atoms with Gasteiger partial charge in [0.1, 0.15) is 18.6 Å². The fraction of sp³-hybridized carbons (Fsp3) is 0.238. The Labute approximate surface area is 162 Å². The van der Waals surface area contributed by atoms with Crippen molar-refractivity contribution in [1.29, 1.82) is 0 Å². The minimum absolute atomic E-state index is 0.150. The van der Waals surface area contributed by atoms with Crippen LogP contribution in [0.3, 0.4) is 0 Å². The second kappa shape index (κ2) is 8.04. The molecular formula is C21H20N2O5. The number of nitrogens with zero attached hydrogens (tertiary/aromatic N) is 1. The summed E-state index contributed by atoms with van der Waals surface area (Å²) >= 11 is 0. The largest absolute Gasteiger partial charge is 0.493 e. The average molecular weight is 380 g/mol. The van der Waals surface area contributed by atoms with E-state index in [0.717, 1.165) is 11.3 Å². The van der Waals surface area contributed by atoms with Crippen LogP contribution in [0.4, 0.5) is 0 Å². The van der Waals surface area contributed by atoms with Gasteiger partial charge in [0.25, 0.3) is 5.91 Å². The lowest BCUT2D eigenvalue weighted by Gasteiger charge is -2.26. The van der Waals surface area contributed by atoms with Gasteiger partial charge in [0.05, 0.1) is 13.2 Å². The molecule has 0 unspecified atom stereocenters. The number of hydrogen-bond donors (Lipinski definition) is 1. The van der Waals surface area contributed by atoms with Crippen molar-refractivity contribution < 1.29 is 23.4 Å². The highest BCUT2D eigenvalue weighted by molar-refractivity contribution is 5.92. The molecule has 0 spiro atoms. The van der Waals surface area contributed by atoms with Gasteiger partial charge in [0.15, 0.2) is 23.8 Å². The summed E-state index contributed by atoms with van der Waals surface area (Å²) in [7, 11) is 1.61. The Balaban J connectivity index is 1.35.